The number of hydrogen-bond donors (Lipinski definition) is 0. The Hall–Kier alpha value is -2.04. The van der Waals surface area contributed by atoms with Crippen LogP contribution in [0.15, 0.2) is 131 Å². The van der Waals surface area contributed by atoms with E-state index < -0.39 is 85.3 Å². The predicted octanol–water partition coefficient (Wildman–Crippen LogP) is 14.2. The molecule has 0 spiro atoms. The molecule has 0 aromatic rings. The first-order valence-electron chi connectivity index (χ1n) is 34.2. The Balaban J connectivity index is 0.000000130. The molecule has 0 aromatic carbocycles. The molecule has 10 aliphatic carbocycles. The van der Waals surface area contributed by atoms with Gasteiger partial charge in [0, 0.05) is 42.5 Å². The predicted molar refractivity (Wildman–Crippen MR) is 378 cm³/mol. The van der Waals surface area contributed by atoms with Gasteiger partial charge in [-0.05, 0) is 105 Å². The summed E-state index contributed by atoms with van der Waals surface area (Å²) in [5.74, 6) is -0.944. The molecule has 6 saturated heterocycles. The number of hydrogen-bond acceptors (Lipinski definition) is 12. The van der Waals surface area contributed by atoms with Crippen LogP contribution >= 0.6 is 0 Å². The molecule has 6 heterocycles. The lowest BCUT2D eigenvalue weighted by atomic mass is 9.55. The summed E-state index contributed by atoms with van der Waals surface area (Å²) in [5, 5.41) is 5.71. The highest BCUT2D eigenvalue weighted by Crippen LogP contribution is 2.72. The average Bonchev–Trinajstić information content (AvgIpc) is 1.60. The molecule has 12 unspecified atom stereocenters. The fourth-order valence-electron chi connectivity index (χ4n) is 18.6. The molecule has 12 nitrogen and oxygen atoms in total. The molecule has 20 atom stereocenters. The van der Waals surface area contributed by atoms with Gasteiger partial charge in [0.15, 0.2) is 34.7 Å². The van der Waals surface area contributed by atoms with Gasteiger partial charge in [0.1, 0.15) is 52.8 Å². The second-order valence-electron chi connectivity index (χ2n) is 33.7. The summed E-state index contributed by atoms with van der Waals surface area (Å²) in [4.78, 5) is 0. The van der Waals surface area contributed by atoms with Crippen molar-refractivity contribution < 1.29 is 56.8 Å². The summed E-state index contributed by atoms with van der Waals surface area (Å²) >= 11 is 0. The molecule has 0 amide bonds. The maximum absolute atomic E-state index is 6.79. The maximum atomic E-state index is 6.79. The van der Waals surface area contributed by atoms with E-state index in [1.807, 2.05) is 27.7 Å². The number of allylic oxidation sites excluding steroid dienone is 6. The van der Waals surface area contributed by atoms with Gasteiger partial charge in [-0.25, -0.2) is 0 Å². The lowest BCUT2D eigenvalue weighted by molar-refractivity contribution is -0.159. The minimum absolute atomic E-state index is 0.00541. The van der Waals surface area contributed by atoms with E-state index in [1.54, 1.807) is 5.20 Å². The lowest BCUT2D eigenvalue weighted by Crippen LogP contribution is -2.68. The van der Waals surface area contributed by atoms with Crippen molar-refractivity contribution in [2.45, 2.75) is 280 Å². The molecule has 498 valence electrons. The number of ether oxygens (including phenoxy) is 12. The van der Waals surface area contributed by atoms with E-state index in [-0.39, 0.29) is 95.2 Å². The molecule has 2 saturated carbocycles. The highest BCUT2D eigenvalue weighted by molar-refractivity contribution is 6.89. The quantitative estimate of drug-likeness (QED) is 0.162. The van der Waals surface area contributed by atoms with Crippen molar-refractivity contribution in [3.8, 4) is 0 Å². The smallest absolute Gasteiger partial charge is 0.164 e. The summed E-state index contributed by atoms with van der Waals surface area (Å²) in [5.41, 5.74) is 6.52. The topological polar surface area (TPSA) is 111 Å². The van der Waals surface area contributed by atoms with Gasteiger partial charge in [-0.15, -0.1) is 25.4 Å². The molecule has 90 heavy (non-hydrogen) atoms. The van der Waals surface area contributed by atoms with Crippen LogP contribution < -0.4 is 0 Å². The van der Waals surface area contributed by atoms with Crippen LogP contribution in [-0.2, 0) is 56.8 Å². The van der Waals surface area contributed by atoms with Crippen LogP contribution in [0.3, 0.4) is 0 Å². The third kappa shape index (κ3) is 11.7. The SMILES string of the molecule is C=C[Si](C)(C)C1=CC2C3C=CC([Si](C)(C)C=C)(C4OC(C)(C)OC34)C2[C@@H]2OC(C)(C)O[C@H]12.C=C[Si](C)(C)C1=CC=C[C@@H]2OC(C)(C)O[C@H]12.C[SiH](C)C1=CC2C3C=CC([SiH](C)C)(C4OC(C)(C)OC34)C2[C@@H]2OC(C)(C)O[C@H]12.C[SiH](C)C1=CC=C[C@@H]2OC(C)(C)O[C@H]12. The molecule has 16 rings (SSSR count). The maximum Gasteiger partial charge on any atom is 0.164 e. The zero-order valence-electron chi connectivity index (χ0n) is 59.3. The minimum atomic E-state index is -2.03. The van der Waals surface area contributed by atoms with E-state index >= 15 is 0 Å². The van der Waals surface area contributed by atoms with Crippen LogP contribution in [-0.4, -0.2) is 159 Å². The summed E-state index contributed by atoms with van der Waals surface area (Å²) in [7, 11) is -8.38. The van der Waals surface area contributed by atoms with Crippen LogP contribution in [0.4, 0.5) is 0 Å². The summed E-state index contributed by atoms with van der Waals surface area (Å²) in [6, 6.07) is 0. The Morgan fingerprint density at radius 1 is 0.400 bits per heavy atom. The molecule has 6 aliphatic heterocycles. The summed E-state index contributed by atoms with van der Waals surface area (Å²) < 4.78 is 76.7. The van der Waals surface area contributed by atoms with Crippen LogP contribution in [0.1, 0.15) is 83.1 Å². The second kappa shape index (κ2) is 23.3. The van der Waals surface area contributed by atoms with Gasteiger partial charge in [0.05, 0.1) is 62.3 Å². The van der Waals surface area contributed by atoms with Crippen molar-refractivity contribution in [1.29, 1.82) is 0 Å². The van der Waals surface area contributed by atoms with Gasteiger partial charge in [-0.2, -0.15) is 0 Å². The Labute approximate surface area is 549 Å². The highest BCUT2D eigenvalue weighted by Gasteiger charge is 2.75. The first-order valence-corrected chi connectivity index (χ1v) is 52.0. The largest absolute Gasteiger partial charge is 0.344 e. The second-order valence-corrected chi connectivity index (χ2v) is 56.6. The van der Waals surface area contributed by atoms with Crippen molar-refractivity contribution in [2.75, 3.05) is 0 Å². The Bertz CT molecular complexity index is 3090. The lowest BCUT2D eigenvalue weighted by Gasteiger charge is -2.64. The first kappa shape index (κ1) is 69.3. The summed E-state index contributed by atoms with van der Waals surface area (Å²) in [6.07, 6.45) is 28.9. The van der Waals surface area contributed by atoms with Crippen molar-refractivity contribution in [3.05, 3.63) is 131 Å². The van der Waals surface area contributed by atoms with Crippen molar-refractivity contribution >= 4 is 50.6 Å². The van der Waals surface area contributed by atoms with Crippen LogP contribution in [0, 0.1) is 35.5 Å². The average molecular weight is 1340 g/mol. The molecule has 18 heteroatoms. The van der Waals surface area contributed by atoms with E-state index in [0.29, 0.717) is 23.7 Å². The molecular formula is C72H114O12Si6. The van der Waals surface area contributed by atoms with Gasteiger partial charge < -0.3 is 56.8 Å². The fraction of sp³-hybridized carbons (Fsp3) is 0.694. The number of fused-ring (bicyclic) bond motifs is 4. The Kier molecular flexibility index (Phi) is 18.0. The standard InChI is InChI=1S/C26H40O4Si2.C22H36O4Si2.C13H20O2Si.C11H18O2Si/c1-11-31(7,8)18-15-17-16-13-14-26(32(9,10)12-2,23-20(16)27-25(5,6)30-23)19(17)22-21(18)28-24(3,4)29-22;1-20(2)24-17-14(27(5)6)11-13-12-9-10-22(28(7)8,15(13)18(17)25-20)19-16(12)23-21(3,4)26-19;1-6-16(4,5)11-9-7-8-10-12(11)15-13(2,3)14-10;1-11(2)12-8-6-5-7-9(14(3)4)10(8)13-11/h11-17,19-23H,1-2H2,3-10H3;9-13,15-19,27-28H,1-8H3;6-10,12H,1H2,2-5H3;5-8,10,14H,1-4H3/t16?,17?,19?,20?,21-,22+,23?,26?;12?,13?,15?,16?,17-,18+,19?,22?;10-,12-;8-,10-/m1100/s1. The van der Waals surface area contributed by atoms with Gasteiger partial charge in [-0.3, -0.25) is 0 Å². The molecule has 0 aromatic heterocycles. The van der Waals surface area contributed by atoms with Crippen molar-refractivity contribution in [3.63, 3.8) is 0 Å². The first-order chi connectivity index (χ1) is 41.5. The van der Waals surface area contributed by atoms with E-state index in [1.165, 1.54) is 15.6 Å². The highest BCUT2D eigenvalue weighted by atomic mass is 28.3. The van der Waals surface area contributed by atoms with E-state index in [2.05, 4.69) is 244 Å². The van der Waals surface area contributed by atoms with Gasteiger partial charge in [0.25, 0.3) is 0 Å². The summed E-state index contributed by atoms with van der Waals surface area (Å²) in [6.45, 7) is 65.6. The van der Waals surface area contributed by atoms with Crippen LogP contribution in [0.2, 0.25) is 88.6 Å². The third-order valence-corrected chi connectivity index (χ3v) is 39.5. The molecular weight excluding hydrogens is 1230 g/mol. The zero-order valence-corrected chi connectivity index (χ0v) is 65.8. The van der Waals surface area contributed by atoms with Crippen LogP contribution in [0.25, 0.3) is 0 Å². The van der Waals surface area contributed by atoms with E-state index in [9.17, 15) is 0 Å². The molecule has 16 aliphatic rings. The van der Waals surface area contributed by atoms with Gasteiger partial charge >= 0.3 is 0 Å². The van der Waals surface area contributed by atoms with Gasteiger partial charge in [-0.1, -0.05) is 173 Å². The van der Waals surface area contributed by atoms with E-state index in [0.717, 1.165) is 0 Å². The zero-order chi connectivity index (χ0) is 66.0. The van der Waals surface area contributed by atoms with Crippen molar-refractivity contribution in [1.82, 2.24) is 0 Å². The van der Waals surface area contributed by atoms with E-state index in [4.69, 9.17) is 56.8 Å². The Morgan fingerprint density at radius 3 is 1.38 bits per heavy atom. The van der Waals surface area contributed by atoms with Crippen LogP contribution in [0.5, 0.6) is 0 Å². The monoisotopic (exact) mass is 1340 g/mol. The number of rotatable bonds is 9. The molecule has 8 fully saturated rings. The molecule has 0 radical (unpaired) electrons. The van der Waals surface area contributed by atoms with Crippen molar-refractivity contribution in [2.24, 2.45) is 35.5 Å². The van der Waals surface area contributed by atoms with Gasteiger partial charge in [0.2, 0.25) is 0 Å². The third-order valence-electron chi connectivity index (χ3n) is 22.9. The minimum Gasteiger partial charge on any atom is -0.344 e. The normalized spacial score (nSPS) is 42.8. The fourth-order valence-corrected chi connectivity index (χ4v) is 30.7. The Morgan fingerprint density at radius 2 is 0.833 bits per heavy atom. The molecule has 4 bridgehead atoms. The molecule has 0 N–H and O–H groups in total.